The van der Waals surface area contributed by atoms with E-state index in [-0.39, 0.29) is 155 Å². The molecule has 0 unspecified atom stereocenters. The minimum atomic E-state index is -5.39. The molecule has 0 atom stereocenters. The Bertz CT molecular complexity index is 149. The van der Waals surface area contributed by atoms with Crippen LogP contribution < -0.4 is 135 Å². The quantitative estimate of drug-likeness (QED) is 0.335. The van der Waals surface area contributed by atoms with Crippen molar-refractivity contribution in [1.82, 2.24) is 0 Å². The van der Waals surface area contributed by atoms with Crippen LogP contribution in [0, 0.1) is 0 Å². The van der Waals surface area contributed by atoms with E-state index >= 15 is 0 Å². The van der Waals surface area contributed by atoms with E-state index in [1.165, 1.54) is 0 Å². The second-order valence-corrected chi connectivity index (χ2v) is 2.75. The molecule has 0 aromatic rings. The molecule has 15 heteroatoms. The number of hydrogen-bond acceptors (Lipinski definition) is 7. The molecule has 0 fully saturated rings. The molecule has 8 nitrogen and oxygen atoms in total. The van der Waals surface area contributed by atoms with Crippen LogP contribution in [0.4, 0.5) is 0 Å². The first-order valence-electron chi connectivity index (χ1n) is 1.48. The summed E-state index contributed by atoms with van der Waals surface area (Å²) in [6.45, 7) is 0. The summed E-state index contributed by atoms with van der Waals surface area (Å²) in [4.78, 5) is 49.9. The van der Waals surface area contributed by atoms with Crippen molar-refractivity contribution in [1.29, 1.82) is 0 Å². The Labute approximate surface area is 205 Å². The fourth-order valence-electron chi connectivity index (χ4n) is 0. The van der Waals surface area contributed by atoms with E-state index in [4.69, 9.17) is 38.5 Å². The summed E-state index contributed by atoms with van der Waals surface area (Å²) in [7, 11) is -10.5. The van der Waals surface area contributed by atoms with Crippen LogP contribution in [0.5, 0.6) is 0 Å². The van der Waals surface area contributed by atoms with Crippen molar-refractivity contribution >= 4 is 57.6 Å². The minimum absolute atomic E-state index is 0. The van der Waals surface area contributed by atoms with Gasteiger partial charge in [0, 0.05) is 0 Å². The molecule has 74 valence electrons. The van der Waals surface area contributed by atoms with Gasteiger partial charge in [-0.1, -0.05) is 0 Å². The van der Waals surface area contributed by atoms with Crippen LogP contribution >= 0.6 is 28.1 Å². The topological polar surface area (TPSA) is 170 Å². The van der Waals surface area contributed by atoms with E-state index in [1.54, 1.807) is 0 Å². The van der Waals surface area contributed by atoms with Crippen LogP contribution in [-0.2, 0) is 9.13 Å². The van der Waals surface area contributed by atoms with Crippen LogP contribution in [0.15, 0.2) is 0 Å². The molecule has 15 heavy (non-hydrogen) atoms. The summed E-state index contributed by atoms with van der Waals surface area (Å²) in [6.07, 6.45) is 0. The number of halogens is 1. The van der Waals surface area contributed by atoms with Gasteiger partial charge in [0.15, 0.2) is 0 Å². The number of rotatable bonds is 0. The van der Waals surface area contributed by atoms with E-state index in [1.807, 2.05) is 0 Å². The molecule has 0 aromatic carbocycles. The van der Waals surface area contributed by atoms with Gasteiger partial charge in [-0.3, -0.25) is 0 Å². The normalized spacial score (nSPS) is 7.87. The Hall–Kier alpha value is 5.15. The Kier molecular flexibility index (Phi) is 61.1. The van der Waals surface area contributed by atoms with Gasteiger partial charge < -0.3 is 38.5 Å². The van der Waals surface area contributed by atoms with Crippen molar-refractivity contribution in [3.63, 3.8) is 0 Å². The first kappa shape index (κ1) is 42.7. The number of phosphoric acid groups is 2. The maximum atomic E-state index is 8.66. The molecule has 0 heterocycles. The average molecular weight is 339 g/mol. The molecule has 0 aliphatic carbocycles. The summed E-state index contributed by atoms with van der Waals surface area (Å²) < 4.78 is 17.2. The SMILES string of the molecule is Cl.O=P([O-])([O-])O.O=P([O-])([O-])[O-].[H+].[H+].[K+].[Na+].[Na+].[NaH]. The van der Waals surface area contributed by atoms with Crippen LogP contribution in [0.1, 0.15) is 2.85 Å². The van der Waals surface area contributed by atoms with Gasteiger partial charge in [0.1, 0.15) is 0 Å². The summed E-state index contributed by atoms with van der Waals surface area (Å²) in [6, 6.07) is 0. The van der Waals surface area contributed by atoms with Gasteiger partial charge in [0.25, 0.3) is 0 Å². The predicted molar refractivity (Wildman–Crippen MR) is 34.1 cm³/mol. The Balaban J connectivity index is -0.00000000762. The zero-order valence-electron chi connectivity index (χ0n) is 9.61. The average Bonchev–Trinajstić information content (AvgIpc) is 1.12. The van der Waals surface area contributed by atoms with Crippen LogP contribution in [-0.4, -0.2) is 34.5 Å². The number of hydrogen-bond donors (Lipinski definition) is 1. The zero-order valence-corrected chi connectivity index (χ0v) is 17.3. The summed E-state index contributed by atoms with van der Waals surface area (Å²) in [5.41, 5.74) is 0. The first-order valence-corrected chi connectivity index (χ1v) is 4.43. The van der Waals surface area contributed by atoms with Gasteiger partial charge in [0.2, 0.25) is 0 Å². The third kappa shape index (κ3) is 213. The van der Waals surface area contributed by atoms with Gasteiger partial charge in [-0.2, -0.15) is 7.82 Å². The van der Waals surface area contributed by atoms with E-state index < -0.39 is 15.6 Å². The van der Waals surface area contributed by atoms with Crippen molar-refractivity contribution in [2.75, 3.05) is 0 Å². The van der Waals surface area contributed by atoms with Crippen molar-refractivity contribution in [3.8, 4) is 0 Å². The van der Waals surface area contributed by atoms with E-state index in [0.717, 1.165) is 0 Å². The molecule has 0 amide bonds. The third-order valence-electron chi connectivity index (χ3n) is 0. The molecule has 0 aliphatic rings. The molecular weight excluding hydrogens is 333 g/mol. The standard InChI is InChI=1S/ClH.K.3Na.2H3O4P.H/c;;;;;2*1-5(2,3)4;/h1H;;;;;2*(H3,1,2,3,4);/q;+1;;2*+1;;;/p-3. The van der Waals surface area contributed by atoms with Crippen LogP contribution in [0.25, 0.3) is 0 Å². The van der Waals surface area contributed by atoms with Crippen LogP contribution in [0.3, 0.4) is 0 Å². The molecule has 0 radical (unpaired) electrons. The molecule has 1 N–H and O–H groups in total. The van der Waals surface area contributed by atoms with Gasteiger partial charge in [0.05, 0.1) is 7.82 Å². The third-order valence-corrected chi connectivity index (χ3v) is 0. The molecular formula is H5ClKNa3O8P2. The molecule has 0 saturated carbocycles. The van der Waals surface area contributed by atoms with Gasteiger partial charge >= 0.3 is 143 Å². The second kappa shape index (κ2) is 21.4. The van der Waals surface area contributed by atoms with Crippen LogP contribution in [0.2, 0.25) is 0 Å². The second-order valence-electron chi connectivity index (χ2n) is 0.916. The fraction of sp³-hybridized carbons (Fsp3) is 0. The molecule has 0 aromatic heterocycles. The van der Waals surface area contributed by atoms with Crippen molar-refractivity contribution in [3.05, 3.63) is 0 Å². The Morgan fingerprint density at radius 3 is 0.933 bits per heavy atom. The van der Waals surface area contributed by atoms with Crippen molar-refractivity contribution < 1.29 is 152 Å². The van der Waals surface area contributed by atoms with Gasteiger partial charge in [-0.15, -0.1) is 12.4 Å². The molecule has 0 bridgehead atoms. The van der Waals surface area contributed by atoms with E-state index in [9.17, 15) is 0 Å². The van der Waals surface area contributed by atoms with E-state index in [0.29, 0.717) is 0 Å². The molecule has 0 aliphatic heterocycles. The Morgan fingerprint density at radius 1 is 0.933 bits per heavy atom. The summed E-state index contributed by atoms with van der Waals surface area (Å²) in [5, 5.41) is 0. The molecule has 0 rings (SSSR count). The monoisotopic (exact) mass is 338 g/mol. The predicted octanol–water partition coefficient (Wildman–Crippen LogP) is -14.0. The van der Waals surface area contributed by atoms with E-state index in [2.05, 4.69) is 0 Å². The van der Waals surface area contributed by atoms with Crippen molar-refractivity contribution in [2.24, 2.45) is 0 Å². The summed E-state index contributed by atoms with van der Waals surface area (Å²) >= 11 is 0. The molecule has 0 spiro atoms. The Morgan fingerprint density at radius 2 is 0.933 bits per heavy atom. The molecule has 0 saturated heterocycles. The zero-order chi connectivity index (χ0) is 9.00. The maximum absolute atomic E-state index is 8.66. The fourth-order valence-corrected chi connectivity index (χ4v) is 0. The summed E-state index contributed by atoms with van der Waals surface area (Å²) in [5.74, 6) is 0. The first-order chi connectivity index (χ1) is 4.00. The van der Waals surface area contributed by atoms with Gasteiger partial charge in [-0.25, -0.2) is 0 Å². The van der Waals surface area contributed by atoms with Gasteiger partial charge in [-0.05, 0) is 0 Å². The van der Waals surface area contributed by atoms with Crippen molar-refractivity contribution in [2.45, 2.75) is 0 Å².